The fourth-order valence-corrected chi connectivity index (χ4v) is 3.72. The van der Waals surface area contributed by atoms with Crippen LogP contribution >= 0.6 is 0 Å². The molecule has 0 spiro atoms. The van der Waals surface area contributed by atoms with E-state index >= 15 is 0 Å². The lowest BCUT2D eigenvalue weighted by molar-refractivity contribution is -0.135. The van der Waals surface area contributed by atoms with Crippen molar-refractivity contribution in [2.24, 2.45) is 0 Å². The molecule has 24 heavy (non-hydrogen) atoms. The van der Waals surface area contributed by atoms with Gasteiger partial charge >= 0.3 is 0 Å². The predicted molar refractivity (Wildman–Crippen MR) is 96.7 cm³/mol. The summed E-state index contributed by atoms with van der Waals surface area (Å²) in [4.78, 5) is 14.8. The summed E-state index contributed by atoms with van der Waals surface area (Å²) in [7, 11) is 0. The van der Waals surface area contributed by atoms with Gasteiger partial charge in [-0.05, 0) is 38.8 Å². The fourth-order valence-electron chi connectivity index (χ4n) is 3.72. The Labute approximate surface area is 144 Å². The number of nitrogens with zero attached hydrogens (tertiary/aromatic N) is 1. The molecule has 0 N–H and O–H groups in total. The summed E-state index contributed by atoms with van der Waals surface area (Å²) in [5, 5.41) is 0. The minimum Gasteiger partial charge on any atom is -0.461 e. The van der Waals surface area contributed by atoms with Crippen LogP contribution in [0.25, 0.3) is 11.3 Å². The van der Waals surface area contributed by atoms with Crippen molar-refractivity contribution in [1.82, 2.24) is 4.90 Å². The van der Waals surface area contributed by atoms with E-state index in [0.29, 0.717) is 18.9 Å². The molecule has 3 rings (SSSR count). The van der Waals surface area contributed by atoms with Crippen LogP contribution in [0.2, 0.25) is 0 Å². The molecule has 1 aromatic carbocycles. The van der Waals surface area contributed by atoms with Gasteiger partial charge in [0.15, 0.2) is 0 Å². The van der Waals surface area contributed by atoms with Crippen LogP contribution in [0, 0.1) is 0 Å². The smallest absolute Gasteiger partial charge is 0.223 e. The van der Waals surface area contributed by atoms with Crippen LogP contribution in [0.15, 0.2) is 46.9 Å². The SMILES string of the molecule is CC(C)N(C(=O)CCc1ccc(-c2ccccc2)o1)C1CCCC1. The summed E-state index contributed by atoms with van der Waals surface area (Å²) in [6, 6.07) is 14.8. The third-order valence-corrected chi connectivity index (χ3v) is 4.87. The third-order valence-electron chi connectivity index (χ3n) is 4.87. The van der Waals surface area contributed by atoms with E-state index in [2.05, 4.69) is 18.7 Å². The topological polar surface area (TPSA) is 33.5 Å². The van der Waals surface area contributed by atoms with Crippen LogP contribution in [-0.4, -0.2) is 22.9 Å². The highest BCUT2D eigenvalue weighted by atomic mass is 16.3. The molecule has 0 saturated heterocycles. The van der Waals surface area contributed by atoms with Crippen LogP contribution in [-0.2, 0) is 11.2 Å². The first-order valence-electron chi connectivity index (χ1n) is 9.10. The van der Waals surface area contributed by atoms with Gasteiger partial charge in [0.2, 0.25) is 5.91 Å². The second kappa shape index (κ2) is 7.69. The number of aryl methyl sites for hydroxylation is 1. The van der Waals surface area contributed by atoms with Crippen molar-refractivity contribution in [2.75, 3.05) is 0 Å². The minimum absolute atomic E-state index is 0.259. The largest absolute Gasteiger partial charge is 0.461 e. The summed E-state index contributed by atoms with van der Waals surface area (Å²) in [5.41, 5.74) is 1.07. The highest BCUT2D eigenvalue weighted by molar-refractivity contribution is 5.77. The zero-order chi connectivity index (χ0) is 16.9. The Morgan fingerprint density at radius 3 is 2.50 bits per heavy atom. The number of benzene rings is 1. The van der Waals surface area contributed by atoms with E-state index in [1.165, 1.54) is 12.8 Å². The molecule has 1 aliphatic carbocycles. The number of hydrogen-bond donors (Lipinski definition) is 0. The van der Waals surface area contributed by atoms with Gasteiger partial charge in [-0.2, -0.15) is 0 Å². The second-order valence-corrected chi connectivity index (χ2v) is 6.97. The molecule has 2 aromatic rings. The highest BCUT2D eigenvalue weighted by Crippen LogP contribution is 2.27. The molecule has 0 unspecified atom stereocenters. The van der Waals surface area contributed by atoms with Gasteiger partial charge in [-0.1, -0.05) is 43.2 Å². The van der Waals surface area contributed by atoms with E-state index in [-0.39, 0.29) is 11.9 Å². The molecule has 0 radical (unpaired) electrons. The Bertz CT molecular complexity index is 653. The lowest BCUT2D eigenvalue weighted by Gasteiger charge is -2.33. The van der Waals surface area contributed by atoms with E-state index in [4.69, 9.17) is 4.42 Å². The number of hydrogen-bond acceptors (Lipinski definition) is 2. The third kappa shape index (κ3) is 3.89. The van der Waals surface area contributed by atoms with Gasteiger partial charge in [0.25, 0.3) is 0 Å². The second-order valence-electron chi connectivity index (χ2n) is 6.97. The van der Waals surface area contributed by atoms with Gasteiger partial charge < -0.3 is 9.32 Å². The molecule has 3 nitrogen and oxygen atoms in total. The van der Waals surface area contributed by atoms with E-state index < -0.39 is 0 Å². The normalized spacial score (nSPS) is 15.1. The Hall–Kier alpha value is -2.03. The predicted octanol–water partition coefficient (Wildman–Crippen LogP) is 5.06. The molecule has 1 amide bonds. The Morgan fingerprint density at radius 1 is 1.12 bits per heavy atom. The Morgan fingerprint density at radius 2 is 1.83 bits per heavy atom. The quantitative estimate of drug-likeness (QED) is 0.744. The van der Waals surface area contributed by atoms with Crippen molar-refractivity contribution in [3.8, 4) is 11.3 Å². The first-order chi connectivity index (χ1) is 11.6. The van der Waals surface area contributed by atoms with Gasteiger partial charge in [-0.15, -0.1) is 0 Å². The standard InChI is InChI=1S/C21H27NO2/c1-16(2)22(18-10-6-7-11-18)21(23)15-13-19-12-14-20(24-19)17-8-4-3-5-9-17/h3-5,8-9,12,14,16,18H,6-7,10-11,13,15H2,1-2H3. The Balaban J connectivity index is 1.60. The van der Waals surface area contributed by atoms with E-state index in [9.17, 15) is 4.79 Å². The molecule has 128 valence electrons. The van der Waals surface area contributed by atoms with Gasteiger partial charge in [-0.3, -0.25) is 4.79 Å². The number of carbonyl (C=O) groups is 1. The van der Waals surface area contributed by atoms with Crippen molar-refractivity contribution in [1.29, 1.82) is 0 Å². The lowest BCUT2D eigenvalue weighted by Crippen LogP contribution is -2.43. The van der Waals surface area contributed by atoms with Crippen LogP contribution in [0.3, 0.4) is 0 Å². The molecular formula is C21H27NO2. The number of rotatable bonds is 6. The average Bonchev–Trinajstić information content (AvgIpc) is 3.25. The number of furan rings is 1. The summed E-state index contributed by atoms with van der Waals surface area (Å²) < 4.78 is 5.92. The van der Waals surface area contributed by atoms with Crippen LogP contribution < -0.4 is 0 Å². The number of carbonyl (C=O) groups excluding carboxylic acids is 1. The van der Waals surface area contributed by atoms with Crippen LogP contribution in [0.4, 0.5) is 0 Å². The van der Waals surface area contributed by atoms with E-state index in [0.717, 1.165) is 29.9 Å². The van der Waals surface area contributed by atoms with Crippen LogP contribution in [0.5, 0.6) is 0 Å². The van der Waals surface area contributed by atoms with Crippen molar-refractivity contribution in [3.63, 3.8) is 0 Å². The minimum atomic E-state index is 0.259. The van der Waals surface area contributed by atoms with Gasteiger partial charge in [0.1, 0.15) is 11.5 Å². The molecule has 3 heteroatoms. The zero-order valence-electron chi connectivity index (χ0n) is 14.7. The van der Waals surface area contributed by atoms with E-state index in [1.807, 2.05) is 42.5 Å². The molecule has 1 aromatic heterocycles. The van der Waals surface area contributed by atoms with Crippen molar-refractivity contribution < 1.29 is 9.21 Å². The average molecular weight is 325 g/mol. The Kier molecular flexibility index (Phi) is 5.39. The van der Waals surface area contributed by atoms with E-state index in [1.54, 1.807) is 0 Å². The highest BCUT2D eigenvalue weighted by Gasteiger charge is 2.28. The molecule has 1 saturated carbocycles. The summed E-state index contributed by atoms with van der Waals surface area (Å²) in [6.45, 7) is 4.24. The maximum absolute atomic E-state index is 12.7. The summed E-state index contributed by atoms with van der Waals surface area (Å²) in [6.07, 6.45) is 6.00. The molecule has 0 bridgehead atoms. The molecular weight excluding hydrogens is 298 g/mol. The maximum Gasteiger partial charge on any atom is 0.223 e. The molecule has 0 atom stereocenters. The van der Waals surface area contributed by atoms with Gasteiger partial charge in [0.05, 0.1) is 0 Å². The monoisotopic (exact) mass is 325 g/mol. The lowest BCUT2D eigenvalue weighted by atomic mass is 10.1. The maximum atomic E-state index is 12.7. The van der Waals surface area contributed by atoms with Crippen molar-refractivity contribution >= 4 is 5.91 Å². The van der Waals surface area contributed by atoms with Gasteiger partial charge in [-0.25, -0.2) is 0 Å². The molecule has 1 heterocycles. The summed E-state index contributed by atoms with van der Waals surface area (Å²) >= 11 is 0. The fraction of sp³-hybridized carbons (Fsp3) is 0.476. The van der Waals surface area contributed by atoms with Crippen LogP contribution in [0.1, 0.15) is 51.7 Å². The molecule has 1 fully saturated rings. The first-order valence-corrected chi connectivity index (χ1v) is 9.10. The number of amides is 1. The summed E-state index contributed by atoms with van der Waals surface area (Å²) in [5.74, 6) is 2.02. The van der Waals surface area contributed by atoms with Gasteiger partial charge in [0, 0.05) is 30.5 Å². The molecule has 0 aliphatic heterocycles. The zero-order valence-corrected chi connectivity index (χ0v) is 14.7. The molecule has 1 aliphatic rings. The van der Waals surface area contributed by atoms with Crippen molar-refractivity contribution in [3.05, 3.63) is 48.2 Å². The first kappa shape index (κ1) is 16.8. The van der Waals surface area contributed by atoms with Crippen molar-refractivity contribution in [2.45, 2.75) is 64.5 Å².